The molecule has 0 atom stereocenters. The molecule has 0 radical (unpaired) electrons. The third-order valence-corrected chi connectivity index (χ3v) is 2.54. The molecule has 0 aliphatic rings. The lowest BCUT2D eigenvalue weighted by Crippen LogP contribution is -2.19. The smallest absolute Gasteiger partial charge is 0.393 e. The number of hydrogen-bond donors (Lipinski definition) is 1. The zero-order valence-corrected chi connectivity index (χ0v) is 12.0. The molecule has 1 aromatic rings. The van der Waals surface area contributed by atoms with Gasteiger partial charge in [-0.1, -0.05) is 27.7 Å². The number of ether oxygens (including phenoxy) is 1. The summed E-state index contributed by atoms with van der Waals surface area (Å²) in [6.45, 7) is 11.2. The molecule has 0 aliphatic carbocycles. The summed E-state index contributed by atoms with van der Waals surface area (Å²) in [7, 11) is 0. The molecule has 4 nitrogen and oxygen atoms in total. The van der Waals surface area contributed by atoms with Gasteiger partial charge in [0.1, 0.15) is 6.26 Å². The summed E-state index contributed by atoms with van der Waals surface area (Å²) in [6, 6.07) is 0. The molecule has 0 aliphatic heterocycles. The molecule has 0 spiro atoms. The van der Waals surface area contributed by atoms with E-state index < -0.39 is 0 Å². The average Bonchev–Trinajstić information content (AvgIpc) is 2.72. The van der Waals surface area contributed by atoms with Crippen LogP contribution >= 0.6 is 0 Å². The molecule has 0 saturated carbocycles. The predicted molar refractivity (Wildman–Crippen MR) is 72.6 cm³/mol. The highest BCUT2D eigenvalue weighted by atomic mass is 16.6. The van der Waals surface area contributed by atoms with Gasteiger partial charge >= 0.3 is 6.08 Å². The summed E-state index contributed by atoms with van der Waals surface area (Å²) in [5.74, 6) is 1.36. The number of oxazole rings is 1. The van der Waals surface area contributed by atoms with E-state index in [4.69, 9.17) is 9.15 Å². The molecule has 4 heteroatoms. The average molecular weight is 254 g/mol. The Morgan fingerprint density at radius 1 is 1.28 bits per heavy atom. The van der Waals surface area contributed by atoms with E-state index in [-0.39, 0.29) is 0 Å². The van der Waals surface area contributed by atoms with Gasteiger partial charge in [-0.05, 0) is 31.2 Å². The van der Waals surface area contributed by atoms with Crippen LogP contribution in [0.3, 0.4) is 0 Å². The van der Waals surface area contributed by atoms with Crippen LogP contribution in [0.1, 0.15) is 46.2 Å². The summed E-state index contributed by atoms with van der Waals surface area (Å²) in [4.78, 5) is 4.27. The van der Waals surface area contributed by atoms with Gasteiger partial charge < -0.3 is 14.5 Å². The minimum atomic E-state index is 0.389. The van der Waals surface area contributed by atoms with Crippen molar-refractivity contribution in [3.8, 4) is 6.08 Å². The Bertz CT molecular complexity index is 321. The molecular weight excluding hydrogens is 228 g/mol. The predicted octanol–water partition coefficient (Wildman–Crippen LogP) is 3.24. The first kappa shape index (κ1) is 15.0. The van der Waals surface area contributed by atoms with Gasteiger partial charge in [-0.3, -0.25) is 0 Å². The summed E-state index contributed by atoms with van der Waals surface area (Å²) in [6.07, 6.45) is 4.26. The first-order valence-electron chi connectivity index (χ1n) is 6.86. The number of hydrogen-bond acceptors (Lipinski definition) is 4. The number of nitrogens with one attached hydrogen (secondary N) is 1. The number of rotatable bonds is 9. The molecule has 1 rings (SSSR count). The first-order chi connectivity index (χ1) is 8.58. The number of nitrogens with zero attached hydrogens (tertiary/aromatic N) is 1. The van der Waals surface area contributed by atoms with Crippen LogP contribution in [0, 0.1) is 11.8 Å². The second-order valence-electron chi connectivity index (χ2n) is 5.51. The minimum Gasteiger partial charge on any atom is -0.450 e. The van der Waals surface area contributed by atoms with Crippen LogP contribution in [0.2, 0.25) is 0 Å². The van der Waals surface area contributed by atoms with Crippen LogP contribution in [-0.2, 0) is 6.54 Å². The Morgan fingerprint density at radius 2 is 2.06 bits per heavy atom. The van der Waals surface area contributed by atoms with Crippen LogP contribution < -0.4 is 10.1 Å². The summed E-state index contributed by atoms with van der Waals surface area (Å²) in [5, 5.41) is 3.32. The summed E-state index contributed by atoms with van der Waals surface area (Å²) >= 11 is 0. The molecule has 104 valence electrons. The van der Waals surface area contributed by atoms with Crippen LogP contribution in [-0.4, -0.2) is 18.1 Å². The fourth-order valence-corrected chi connectivity index (χ4v) is 1.58. The molecule has 0 bridgehead atoms. The molecule has 0 saturated heterocycles. The fourth-order valence-electron chi connectivity index (χ4n) is 1.58. The summed E-state index contributed by atoms with van der Waals surface area (Å²) in [5.41, 5.74) is 0.898. The third kappa shape index (κ3) is 6.64. The highest BCUT2D eigenvalue weighted by Crippen LogP contribution is 2.11. The van der Waals surface area contributed by atoms with Crippen LogP contribution in [0.5, 0.6) is 6.08 Å². The van der Waals surface area contributed by atoms with Crippen molar-refractivity contribution >= 4 is 0 Å². The Labute approximate surface area is 110 Å². The van der Waals surface area contributed by atoms with E-state index in [1.165, 1.54) is 6.42 Å². The maximum atomic E-state index is 5.46. The molecule has 1 aromatic heterocycles. The quantitative estimate of drug-likeness (QED) is 0.687. The lowest BCUT2D eigenvalue weighted by Gasteiger charge is -2.04. The highest BCUT2D eigenvalue weighted by molar-refractivity contribution is 4.99. The van der Waals surface area contributed by atoms with Gasteiger partial charge in [0.05, 0.1) is 12.3 Å². The molecular formula is C14H26N2O2. The molecule has 0 unspecified atom stereocenters. The lowest BCUT2D eigenvalue weighted by atomic mass is 10.1. The van der Waals surface area contributed by atoms with Crippen molar-refractivity contribution in [2.24, 2.45) is 11.8 Å². The molecule has 0 aromatic carbocycles. The van der Waals surface area contributed by atoms with Gasteiger partial charge in [-0.15, -0.1) is 0 Å². The van der Waals surface area contributed by atoms with E-state index in [1.807, 2.05) is 0 Å². The maximum absolute atomic E-state index is 5.46. The molecule has 18 heavy (non-hydrogen) atoms. The Morgan fingerprint density at radius 3 is 2.72 bits per heavy atom. The van der Waals surface area contributed by atoms with E-state index in [9.17, 15) is 0 Å². The number of aromatic nitrogens is 1. The van der Waals surface area contributed by atoms with Gasteiger partial charge in [-0.2, -0.15) is 4.98 Å². The Kier molecular flexibility index (Phi) is 6.80. The summed E-state index contributed by atoms with van der Waals surface area (Å²) < 4.78 is 10.7. The van der Waals surface area contributed by atoms with Crippen LogP contribution in [0.15, 0.2) is 10.7 Å². The minimum absolute atomic E-state index is 0.389. The van der Waals surface area contributed by atoms with Crippen molar-refractivity contribution < 1.29 is 9.15 Å². The standard InChI is InChI=1S/C14H26N2O2/c1-11(2)6-5-7-17-14-16-13(10-18-14)9-15-8-12(3)4/h10-12,15H,5-9H2,1-4H3. The van der Waals surface area contributed by atoms with Crippen LogP contribution in [0.25, 0.3) is 0 Å². The molecule has 1 N–H and O–H groups in total. The van der Waals surface area contributed by atoms with E-state index in [1.54, 1.807) is 6.26 Å². The second-order valence-corrected chi connectivity index (χ2v) is 5.51. The van der Waals surface area contributed by atoms with Gasteiger partial charge in [0, 0.05) is 6.54 Å². The second kappa shape index (κ2) is 8.14. The van der Waals surface area contributed by atoms with Crippen molar-refractivity contribution in [3.05, 3.63) is 12.0 Å². The van der Waals surface area contributed by atoms with E-state index in [0.29, 0.717) is 24.5 Å². The van der Waals surface area contributed by atoms with Gasteiger partial charge in [0.2, 0.25) is 0 Å². The SMILES string of the molecule is CC(C)CCCOc1nc(CNCC(C)C)co1. The Balaban J connectivity index is 2.17. The molecule has 0 amide bonds. The van der Waals surface area contributed by atoms with Crippen molar-refractivity contribution in [3.63, 3.8) is 0 Å². The topological polar surface area (TPSA) is 47.3 Å². The van der Waals surface area contributed by atoms with Crippen LogP contribution in [0.4, 0.5) is 0 Å². The van der Waals surface area contributed by atoms with Crippen molar-refractivity contribution in [2.75, 3.05) is 13.2 Å². The van der Waals surface area contributed by atoms with Crippen molar-refractivity contribution in [1.29, 1.82) is 0 Å². The third-order valence-electron chi connectivity index (χ3n) is 2.54. The van der Waals surface area contributed by atoms with Crippen molar-refractivity contribution in [2.45, 2.75) is 47.1 Å². The molecule has 0 fully saturated rings. The lowest BCUT2D eigenvalue weighted by molar-refractivity contribution is 0.221. The zero-order valence-electron chi connectivity index (χ0n) is 12.0. The highest BCUT2D eigenvalue weighted by Gasteiger charge is 2.05. The Hall–Kier alpha value is -1.03. The van der Waals surface area contributed by atoms with Gasteiger partial charge in [-0.25, -0.2) is 0 Å². The van der Waals surface area contributed by atoms with E-state index in [2.05, 4.69) is 38.0 Å². The monoisotopic (exact) mass is 254 g/mol. The van der Waals surface area contributed by atoms with E-state index >= 15 is 0 Å². The fraction of sp³-hybridized carbons (Fsp3) is 0.786. The maximum Gasteiger partial charge on any atom is 0.393 e. The first-order valence-corrected chi connectivity index (χ1v) is 6.86. The van der Waals surface area contributed by atoms with Gasteiger partial charge in [0.25, 0.3) is 0 Å². The largest absolute Gasteiger partial charge is 0.450 e. The normalized spacial score (nSPS) is 11.4. The zero-order chi connectivity index (χ0) is 13.4. The molecule has 1 heterocycles. The van der Waals surface area contributed by atoms with Crippen molar-refractivity contribution in [1.82, 2.24) is 10.3 Å². The van der Waals surface area contributed by atoms with Gasteiger partial charge in [0.15, 0.2) is 0 Å². The van der Waals surface area contributed by atoms with E-state index in [0.717, 1.165) is 25.2 Å².